The van der Waals surface area contributed by atoms with Crippen molar-refractivity contribution in [3.63, 3.8) is 0 Å². The summed E-state index contributed by atoms with van der Waals surface area (Å²) in [6.07, 6.45) is 3.38. The Morgan fingerprint density at radius 3 is 2.75 bits per heavy atom. The first-order valence-corrected chi connectivity index (χ1v) is 10.1. The van der Waals surface area contributed by atoms with Gasteiger partial charge in [-0.2, -0.15) is 0 Å². The molecule has 0 unspecified atom stereocenters. The molecule has 0 bridgehead atoms. The van der Waals surface area contributed by atoms with Crippen molar-refractivity contribution in [2.45, 2.75) is 19.8 Å². The Balaban J connectivity index is 1.51. The molecule has 0 atom stereocenters. The van der Waals surface area contributed by atoms with E-state index < -0.39 is 0 Å². The summed E-state index contributed by atoms with van der Waals surface area (Å²) in [5.74, 6) is 2.13. The summed E-state index contributed by atoms with van der Waals surface area (Å²) < 4.78 is 11.2. The molecular formula is C20H24Cl2N4O2. The van der Waals surface area contributed by atoms with E-state index >= 15 is 0 Å². The summed E-state index contributed by atoms with van der Waals surface area (Å²) in [7, 11) is 0. The van der Waals surface area contributed by atoms with Crippen LogP contribution < -0.4 is 20.1 Å². The Kier molecular flexibility index (Phi) is 7.62. The molecule has 1 aromatic carbocycles. The zero-order valence-corrected chi connectivity index (χ0v) is 17.3. The Hall–Kier alpha value is -2.18. The van der Waals surface area contributed by atoms with Crippen molar-refractivity contribution < 1.29 is 9.47 Å². The van der Waals surface area contributed by atoms with Crippen molar-refractivity contribution in [2.75, 3.05) is 32.8 Å². The van der Waals surface area contributed by atoms with Gasteiger partial charge in [-0.15, -0.1) is 0 Å². The summed E-state index contributed by atoms with van der Waals surface area (Å²) in [6.45, 7) is 5.30. The number of hydrogen-bond acceptors (Lipinski definition) is 4. The zero-order valence-electron chi connectivity index (χ0n) is 15.8. The van der Waals surface area contributed by atoms with Gasteiger partial charge in [0, 0.05) is 25.8 Å². The summed E-state index contributed by atoms with van der Waals surface area (Å²) in [4.78, 5) is 8.70. The van der Waals surface area contributed by atoms with Crippen LogP contribution in [0.2, 0.25) is 10.2 Å². The highest BCUT2D eigenvalue weighted by atomic mass is 35.5. The van der Waals surface area contributed by atoms with E-state index in [2.05, 4.69) is 20.6 Å². The Morgan fingerprint density at radius 2 is 1.96 bits per heavy atom. The number of pyridine rings is 1. The van der Waals surface area contributed by atoms with Gasteiger partial charge in [-0.05, 0) is 49.1 Å². The summed E-state index contributed by atoms with van der Waals surface area (Å²) in [5, 5.41) is 7.70. The van der Waals surface area contributed by atoms with Gasteiger partial charge in [0.25, 0.3) is 0 Å². The number of hydrogen-bond donors (Lipinski definition) is 2. The molecule has 6 nitrogen and oxygen atoms in total. The molecule has 28 heavy (non-hydrogen) atoms. The van der Waals surface area contributed by atoms with Crippen LogP contribution in [0.3, 0.4) is 0 Å². The highest BCUT2D eigenvalue weighted by Crippen LogP contribution is 2.38. The predicted octanol–water partition coefficient (Wildman–Crippen LogP) is 3.50. The van der Waals surface area contributed by atoms with Crippen LogP contribution in [-0.4, -0.2) is 43.8 Å². The third-order valence-corrected chi connectivity index (χ3v) is 4.67. The van der Waals surface area contributed by atoms with Crippen LogP contribution in [0.5, 0.6) is 11.5 Å². The van der Waals surface area contributed by atoms with E-state index in [0.29, 0.717) is 41.4 Å². The monoisotopic (exact) mass is 422 g/mol. The SMILES string of the molecule is CCNC(=NCCc1ccc(Cl)nc1)NCCc1cc(Cl)c2c(c1)OCCO2. The van der Waals surface area contributed by atoms with Crippen molar-refractivity contribution >= 4 is 29.2 Å². The van der Waals surface area contributed by atoms with Crippen molar-refractivity contribution in [3.05, 3.63) is 51.8 Å². The molecular weight excluding hydrogens is 399 g/mol. The van der Waals surface area contributed by atoms with Crippen LogP contribution in [0.1, 0.15) is 18.1 Å². The second-order valence-electron chi connectivity index (χ2n) is 6.28. The number of guanidine groups is 1. The van der Waals surface area contributed by atoms with Gasteiger partial charge >= 0.3 is 0 Å². The molecule has 8 heteroatoms. The number of benzene rings is 1. The molecule has 2 aromatic rings. The van der Waals surface area contributed by atoms with Crippen LogP contribution in [-0.2, 0) is 12.8 Å². The number of nitrogens with one attached hydrogen (secondary N) is 2. The fourth-order valence-corrected chi connectivity index (χ4v) is 3.23. The van der Waals surface area contributed by atoms with Crippen molar-refractivity contribution in [1.82, 2.24) is 15.6 Å². The van der Waals surface area contributed by atoms with Crippen molar-refractivity contribution in [2.24, 2.45) is 4.99 Å². The Bertz CT molecular complexity index is 813. The molecule has 0 radical (unpaired) electrons. The topological polar surface area (TPSA) is 67.8 Å². The normalized spacial score (nSPS) is 13.3. The Labute approximate surface area is 175 Å². The number of aliphatic imine (C=N–C) groups is 1. The van der Waals surface area contributed by atoms with Gasteiger partial charge in [0.2, 0.25) is 0 Å². The Morgan fingerprint density at radius 1 is 1.11 bits per heavy atom. The van der Waals surface area contributed by atoms with Gasteiger partial charge in [0.05, 0.1) is 5.02 Å². The molecule has 2 N–H and O–H groups in total. The van der Waals surface area contributed by atoms with E-state index in [1.807, 2.05) is 25.1 Å². The van der Waals surface area contributed by atoms with Crippen LogP contribution >= 0.6 is 23.2 Å². The standard InChI is InChI=1S/C20H24Cl2N4O2/c1-2-23-20(24-7-5-14-3-4-18(22)26-13-14)25-8-6-15-11-16(21)19-17(12-15)27-9-10-28-19/h3-4,11-13H,2,5-10H2,1H3,(H2,23,24,25). The lowest BCUT2D eigenvalue weighted by atomic mass is 10.1. The number of fused-ring (bicyclic) bond motifs is 1. The van der Waals surface area contributed by atoms with Gasteiger partial charge in [-0.1, -0.05) is 29.3 Å². The molecule has 2 heterocycles. The van der Waals surface area contributed by atoms with Crippen LogP contribution in [0.25, 0.3) is 0 Å². The van der Waals surface area contributed by atoms with Gasteiger partial charge in [0.15, 0.2) is 17.5 Å². The lowest BCUT2D eigenvalue weighted by molar-refractivity contribution is 0.171. The third-order valence-electron chi connectivity index (χ3n) is 4.17. The minimum Gasteiger partial charge on any atom is -0.486 e. The van der Waals surface area contributed by atoms with Gasteiger partial charge in [-0.3, -0.25) is 4.99 Å². The molecule has 1 aliphatic heterocycles. The first-order valence-electron chi connectivity index (χ1n) is 9.36. The fraction of sp³-hybridized carbons (Fsp3) is 0.400. The van der Waals surface area contributed by atoms with Crippen molar-refractivity contribution in [3.8, 4) is 11.5 Å². The average molecular weight is 423 g/mol. The quantitative estimate of drug-likeness (QED) is 0.406. The number of rotatable bonds is 7. The maximum atomic E-state index is 6.30. The summed E-state index contributed by atoms with van der Waals surface area (Å²) in [5.41, 5.74) is 2.19. The highest BCUT2D eigenvalue weighted by Gasteiger charge is 2.16. The number of aromatic nitrogens is 1. The van der Waals surface area contributed by atoms with Gasteiger partial charge in [-0.25, -0.2) is 4.98 Å². The minimum atomic E-state index is 0.501. The molecule has 0 aliphatic carbocycles. The number of ether oxygens (including phenoxy) is 2. The zero-order chi connectivity index (χ0) is 19.8. The molecule has 0 spiro atoms. The van der Waals surface area contributed by atoms with E-state index in [-0.39, 0.29) is 0 Å². The minimum absolute atomic E-state index is 0.501. The largest absolute Gasteiger partial charge is 0.486 e. The van der Waals surface area contributed by atoms with E-state index in [0.717, 1.165) is 43.0 Å². The van der Waals surface area contributed by atoms with E-state index in [1.165, 1.54) is 0 Å². The fourth-order valence-electron chi connectivity index (χ4n) is 2.83. The van der Waals surface area contributed by atoms with Crippen LogP contribution in [0, 0.1) is 0 Å². The van der Waals surface area contributed by atoms with Crippen molar-refractivity contribution in [1.29, 1.82) is 0 Å². The second-order valence-corrected chi connectivity index (χ2v) is 7.07. The maximum absolute atomic E-state index is 6.30. The number of nitrogens with zero attached hydrogens (tertiary/aromatic N) is 2. The third kappa shape index (κ3) is 5.91. The van der Waals surface area contributed by atoms with E-state index in [4.69, 9.17) is 32.7 Å². The molecule has 1 aliphatic rings. The predicted molar refractivity (Wildman–Crippen MR) is 113 cm³/mol. The number of halogens is 2. The lowest BCUT2D eigenvalue weighted by Crippen LogP contribution is -2.38. The molecule has 0 saturated heterocycles. The first-order chi connectivity index (χ1) is 13.7. The van der Waals surface area contributed by atoms with Crippen LogP contribution in [0.15, 0.2) is 35.5 Å². The molecule has 0 saturated carbocycles. The van der Waals surface area contributed by atoms with E-state index in [1.54, 1.807) is 12.3 Å². The molecule has 150 valence electrons. The highest BCUT2D eigenvalue weighted by molar-refractivity contribution is 6.32. The molecule has 3 rings (SSSR count). The summed E-state index contributed by atoms with van der Waals surface area (Å²) in [6, 6.07) is 7.67. The maximum Gasteiger partial charge on any atom is 0.191 e. The van der Waals surface area contributed by atoms with Gasteiger partial charge in [0.1, 0.15) is 18.4 Å². The first kappa shape index (κ1) is 20.6. The lowest BCUT2D eigenvalue weighted by Gasteiger charge is -2.20. The van der Waals surface area contributed by atoms with Crippen LogP contribution in [0.4, 0.5) is 0 Å². The van der Waals surface area contributed by atoms with Gasteiger partial charge < -0.3 is 20.1 Å². The molecule has 0 amide bonds. The smallest absolute Gasteiger partial charge is 0.191 e. The second kappa shape index (κ2) is 10.4. The molecule has 1 aromatic heterocycles. The van der Waals surface area contributed by atoms with E-state index in [9.17, 15) is 0 Å². The molecule has 0 fully saturated rings. The average Bonchev–Trinajstić information content (AvgIpc) is 2.69. The summed E-state index contributed by atoms with van der Waals surface area (Å²) >= 11 is 12.1.